The van der Waals surface area contributed by atoms with Crippen molar-refractivity contribution in [2.45, 2.75) is 31.7 Å². The van der Waals surface area contributed by atoms with Crippen LogP contribution < -0.4 is 10.6 Å². The second kappa shape index (κ2) is 4.60. The molecule has 4 nitrogen and oxygen atoms in total. The smallest absolute Gasteiger partial charge is 0.220 e. The van der Waals surface area contributed by atoms with Gasteiger partial charge in [-0.25, -0.2) is 0 Å². The van der Waals surface area contributed by atoms with E-state index in [2.05, 4.69) is 10.6 Å². The SMILES string of the molecule is N#CNCCCC(=O)NC1CC1. The maximum atomic E-state index is 11.0. The molecule has 0 aromatic heterocycles. The zero-order valence-electron chi connectivity index (χ0n) is 6.97. The van der Waals surface area contributed by atoms with Crippen LogP contribution in [0, 0.1) is 11.5 Å². The van der Waals surface area contributed by atoms with Crippen LogP contribution in [0.5, 0.6) is 0 Å². The predicted octanol–water partition coefficient (Wildman–Crippen LogP) is 0.116. The van der Waals surface area contributed by atoms with Crippen LogP contribution in [0.2, 0.25) is 0 Å². The summed E-state index contributed by atoms with van der Waals surface area (Å²) in [7, 11) is 0. The summed E-state index contributed by atoms with van der Waals surface area (Å²) in [6.45, 7) is 0.592. The van der Waals surface area contributed by atoms with Gasteiger partial charge in [0, 0.05) is 19.0 Å². The molecule has 0 aromatic carbocycles. The van der Waals surface area contributed by atoms with Gasteiger partial charge >= 0.3 is 0 Å². The van der Waals surface area contributed by atoms with Gasteiger partial charge < -0.3 is 10.6 Å². The monoisotopic (exact) mass is 167 g/mol. The van der Waals surface area contributed by atoms with Gasteiger partial charge in [-0.1, -0.05) is 0 Å². The van der Waals surface area contributed by atoms with Crippen LogP contribution in [0.1, 0.15) is 25.7 Å². The van der Waals surface area contributed by atoms with Crippen LogP contribution in [0.25, 0.3) is 0 Å². The molecule has 0 aromatic rings. The Morgan fingerprint density at radius 1 is 1.58 bits per heavy atom. The summed E-state index contributed by atoms with van der Waals surface area (Å²) in [5.74, 6) is 0.109. The van der Waals surface area contributed by atoms with Gasteiger partial charge in [0.2, 0.25) is 5.91 Å². The van der Waals surface area contributed by atoms with Crippen molar-refractivity contribution in [3.63, 3.8) is 0 Å². The van der Waals surface area contributed by atoms with Gasteiger partial charge in [-0.05, 0) is 19.3 Å². The first-order valence-corrected chi connectivity index (χ1v) is 4.24. The number of rotatable bonds is 5. The minimum Gasteiger partial charge on any atom is -0.353 e. The van der Waals surface area contributed by atoms with E-state index in [4.69, 9.17) is 5.26 Å². The number of hydrogen-bond acceptors (Lipinski definition) is 3. The minimum atomic E-state index is 0.109. The van der Waals surface area contributed by atoms with E-state index in [1.165, 1.54) is 0 Å². The largest absolute Gasteiger partial charge is 0.353 e. The minimum absolute atomic E-state index is 0.109. The van der Waals surface area contributed by atoms with E-state index in [0.29, 0.717) is 19.0 Å². The summed E-state index contributed by atoms with van der Waals surface area (Å²) in [4.78, 5) is 11.0. The highest BCUT2D eigenvalue weighted by molar-refractivity contribution is 5.76. The Labute approximate surface area is 71.9 Å². The molecule has 1 rings (SSSR count). The molecule has 0 heterocycles. The number of carbonyl (C=O) groups is 1. The molecule has 1 saturated carbocycles. The third-order valence-electron chi connectivity index (χ3n) is 1.73. The molecule has 0 aliphatic heterocycles. The Hall–Kier alpha value is -1.24. The summed E-state index contributed by atoms with van der Waals surface area (Å²) in [6.07, 6.45) is 5.31. The molecule has 0 radical (unpaired) electrons. The molecule has 1 aliphatic rings. The number of nitrogens with one attached hydrogen (secondary N) is 2. The van der Waals surface area contributed by atoms with Crippen LogP contribution in [-0.4, -0.2) is 18.5 Å². The zero-order valence-corrected chi connectivity index (χ0v) is 6.97. The third-order valence-corrected chi connectivity index (χ3v) is 1.73. The molecular formula is C8H13N3O. The van der Waals surface area contributed by atoms with Gasteiger partial charge in [-0.2, -0.15) is 5.26 Å². The van der Waals surface area contributed by atoms with E-state index in [9.17, 15) is 4.79 Å². The second-order valence-corrected chi connectivity index (χ2v) is 2.98. The van der Waals surface area contributed by atoms with Crippen LogP contribution in [0.15, 0.2) is 0 Å². The Bertz CT molecular complexity index is 193. The standard InChI is InChI=1S/C8H13N3O/c9-6-10-5-1-2-8(12)11-7-3-4-7/h7,10H,1-5H2,(H,11,12). The molecule has 0 spiro atoms. The van der Waals surface area contributed by atoms with Gasteiger partial charge in [-0.15, -0.1) is 0 Å². The Morgan fingerprint density at radius 3 is 2.92 bits per heavy atom. The van der Waals surface area contributed by atoms with Crippen molar-refractivity contribution in [2.24, 2.45) is 0 Å². The zero-order chi connectivity index (χ0) is 8.81. The molecule has 1 aliphatic carbocycles. The first kappa shape index (κ1) is 8.85. The van der Waals surface area contributed by atoms with Crippen molar-refractivity contribution in [2.75, 3.05) is 6.54 Å². The Balaban J connectivity index is 1.91. The van der Waals surface area contributed by atoms with Gasteiger partial charge in [0.1, 0.15) is 0 Å². The number of nitriles is 1. The lowest BCUT2D eigenvalue weighted by molar-refractivity contribution is -0.121. The fourth-order valence-electron chi connectivity index (χ4n) is 0.921. The summed E-state index contributed by atoms with van der Waals surface area (Å²) in [5.41, 5.74) is 0. The van der Waals surface area contributed by atoms with E-state index in [1.54, 1.807) is 0 Å². The number of nitrogens with zero attached hydrogens (tertiary/aromatic N) is 1. The van der Waals surface area contributed by atoms with E-state index in [-0.39, 0.29) is 5.91 Å². The predicted molar refractivity (Wildman–Crippen MR) is 44.0 cm³/mol. The first-order valence-electron chi connectivity index (χ1n) is 4.24. The van der Waals surface area contributed by atoms with Gasteiger partial charge in [0.25, 0.3) is 0 Å². The maximum Gasteiger partial charge on any atom is 0.220 e. The van der Waals surface area contributed by atoms with Crippen LogP contribution in [0.4, 0.5) is 0 Å². The summed E-state index contributed by atoms with van der Waals surface area (Å²) < 4.78 is 0. The number of amides is 1. The van der Waals surface area contributed by atoms with E-state index >= 15 is 0 Å². The quantitative estimate of drug-likeness (QED) is 0.347. The molecule has 0 atom stereocenters. The Kier molecular flexibility index (Phi) is 3.39. The van der Waals surface area contributed by atoms with Gasteiger partial charge in [0.05, 0.1) is 0 Å². The number of carbonyl (C=O) groups excluding carboxylic acids is 1. The van der Waals surface area contributed by atoms with E-state index < -0.39 is 0 Å². The average Bonchev–Trinajstić information content (AvgIpc) is 2.82. The van der Waals surface area contributed by atoms with Gasteiger partial charge in [0.15, 0.2) is 6.19 Å². The van der Waals surface area contributed by atoms with Crippen molar-refractivity contribution < 1.29 is 4.79 Å². The van der Waals surface area contributed by atoms with Crippen molar-refractivity contribution in [3.8, 4) is 6.19 Å². The van der Waals surface area contributed by atoms with Gasteiger partial charge in [-0.3, -0.25) is 4.79 Å². The fraction of sp³-hybridized carbons (Fsp3) is 0.750. The molecule has 0 saturated heterocycles. The highest BCUT2D eigenvalue weighted by atomic mass is 16.1. The van der Waals surface area contributed by atoms with Crippen molar-refractivity contribution in [1.29, 1.82) is 5.26 Å². The molecular weight excluding hydrogens is 154 g/mol. The lowest BCUT2D eigenvalue weighted by Gasteiger charge is -2.01. The molecule has 12 heavy (non-hydrogen) atoms. The van der Waals surface area contributed by atoms with Crippen molar-refractivity contribution >= 4 is 5.91 Å². The summed E-state index contributed by atoms with van der Waals surface area (Å²) >= 11 is 0. The maximum absolute atomic E-state index is 11.0. The highest BCUT2D eigenvalue weighted by Gasteiger charge is 2.22. The van der Waals surface area contributed by atoms with Crippen LogP contribution in [-0.2, 0) is 4.79 Å². The summed E-state index contributed by atoms with van der Waals surface area (Å²) in [6, 6.07) is 0.446. The summed E-state index contributed by atoms with van der Waals surface area (Å²) in [5, 5.41) is 13.5. The fourth-order valence-corrected chi connectivity index (χ4v) is 0.921. The van der Waals surface area contributed by atoms with Crippen molar-refractivity contribution in [1.82, 2.24) is 10.6 Å². The molecule has 1 fully saturated rings. The number of hydrogen-bond donors (Lipinski definition) is 2. The average molecular weight is 167 g/mol. The van der Waals surface area contributed by atoms with Crippen LogP contribution >= 0.6 is 0 Å². The second-order valence-electron chi connectivity index (χ2n) is 2.98. The third kappa shape index (κ3) is 3.81. The van der Waals surface area contributed by atoms with Crippen LogP contribution in [0.3, 0.4) is 0 Å². The van der Waals surface area contributed by atoms with E-state index in [1.807, 2.05) is 6.19 Å². The molecule has 0 unspecified atom stereocenters. The first-order chi connectivity index (χ1) is 5.83. The highest BCUT2D eigenvalue weighted by Crippen LogP contribution is 2.18. The molecule has 1 amide bonds. The lowest BCUT2D eigenvalue weighted by Crippen LogP contribution is -2.25. The molecule has 0 bridgehead atoms. The molecule has 4 heteroatoms. The molecule has 66 valence electrons. The lowest BCUT2D eigenvalue weighted by atomic mass is 10.3. The topological polar surface area (TPSA) is 64.9 Å². The van der Waals surface area contributed by atoms with E-state index in [0.717, 1.165) is 19.3 Å². The normalized spacial score (nSPS) is 14.9. The molecule has 2 N–H and O–H groups in total. The Morgan fingerprint density at radius 2 is 2.33 bits per heavy atom. The van der Waals surface area contributed by atoms with Crippen molar-refractivity contribution in [3.05, 3.63) is 0 Å².